The van der Waals surface area contributed by atoms with E-state index in [2.05, 4.69) is 28.8 Å². The van der Waals surface area contributed by atoms with E-state index in [0.29, 0.717) is 19.1 Å². The van der Waals surface area contributed by atoms with Gasteiger partial charge in [-0.3, -0.25) is 4.79 Å². The van der Waals surface area contributed by atoms with Crippen LogP contribution in [0.1, 0.15) is 25.7 Å². The number of carbonyl (C=O) groups excluding carboxylic acids is 1. The molecule has 122 valence electrons. The third-order valence-electron chi connectivity index (χ3n) is 4.26. The molecule has 2 aromatic carbocycles. The van der Waals surface area contributed by atoms with Crippen molar-refractivity contribution in [1.29, 1.82) is 0 Å². The quantitative estimate of drug-likeness (QED) is 0.807. The molecule has 2 N–H and O–H groups in total. The van der Waals surface area contributed by atoms with Crippen LogP contribution in [0, 0.1) is 0 Å². The molecule has 3 rings (SSSR count). The van der Waals surface area contributed by atoms with Crippen molar-refractivity contribution in [2.24, 2.45) is 0 Å². The Morgan fingerprint density at radius 1 is 1.13 bits per heavy atom. The smallest absolute Gasteiger partial charge is 0.220 e. The maximum absolute atomic E-state index is 11.9. The summed E-state index contributed by atoms with van der Waals surface area (Å²) < 4.78 is 5.87. The number of fused-ring (bicyclic) bond motifs is 1. The summed E-state index contributed by atoms with van der Waals surface area (Å²) in [5, 5.41) is 8.71. The van der Waals surface area contributed by atoms with Crippen molar-refractivity contribution in [3.8, 4) is 5.75 Å². The molecule has 1 saturated heterocycles. The average molecular weight is 312 g/mol. The molecule has 2 aromatic rings. The zero-order valence-electron chi connectivity index (χ0n) is 13.4. The van der Waals surface area contributed by atoms with E-state index in [4.69, 9.17) is 4.74 Å². The van der Waals surface area contributed by atoms with E-state index in [-0.39, 0.29) is 5.91 Å². The van der Waals surface area contributed by atoms with Crippen LogP contribution in [0.25, 0.3) is 10.8 Å². The summed E-state index contributed by atoms with van der Waals surface area (Å²) in [6, 6.07) is 14.6. The summed E-state index contributed by atoms with van der Waals surface area (Å²) in [6.07, 6.45) is 3.31. The van der Waals surface area contributed by atoms with Crippen molar-refractivity contribution in [1.82, 2.24) is 10.6 Å². The minimum atomic E-state index is 0.137. The molecule has 4 nitrogen and oxygen atoms in total. The Morgan fingerprint density at radius 2 is 1.91 bits per heavy atom. The van der Waals surface area contributed by atoms with Gasteiger partial charge in [-0.2, -0.15) is 0 Å². The first-order chi connectivity index (χ1) is 11.3. The Kier molecular flexibility index (Phi) is 5.48. The van der Waals surface area contributed by atoms with Crippen molar-refractivity contribution in [3.63, 3.8) is 0 Å². The standard InChI is InChI=1S/C19H24N2O2/c22-19(21-16-10-12-20-13-11-16)9-4-14-23-18-8-3-6-15-5-1-2-7-17(15)18/h1-3,5-8,16,20H,4,9-14H2,(H,21,22). The number of amides is 1. The molecule has 0 radical (unpaired) electrons. The fourth-order valence-electron chi connectivity index (χ4n) is 3.00. The highest BCUT2D eigenvalue weighted by atomic mass is 16.5. The predicted molar refractivity (Wildman–Crippen MR) is 92.7 cm³/mol. The third-order valence-corrected chi connectivity index (χ3v) is 4.26. The van der Waals surface area contributed by atoms with Crippen molar-refractivity contribution < 1.29 is 9.53 Å². The Balaban J connectivity index is 1.43. The van der Waals surface area contributed by atoms with Gasteiger partial charge in [0.25, 0.3) is 0 Å². The summed E-state index contributed by atoms with van der Waals surface area (Å²) in [7, 11) is 0. The average Bonchev–Trinajstić information content (AvgIpc) is 2.60. The Morgan fingerprint density at radius 3 is 2.78 bits per heavy atom. The van der Waals surface area contributed by atoms with Gasteiger partial charge in [0.2, 0.25) is 5.91 Å². The van der Waals surface area contributed by atoms with Gasteiger partial charge < -0.3 is 15.4 Å². The van der Waals surface area contributed by atoms with E-state index in [1.165, 1.54) is 5.39 Å². The summed E-state index contributed by atoms with van der Waals surface area (Å²) in [5.41, 5.74) is 0. The maximum atomic E-state index is 11.9. The van der Waals surface area contributed by atoms with Crippen LogP contribution in [0.2, 0.25) is 0 Å². The molecule has 4 heteroatoms. The number of carbonyl (C=O) groups is 1. The van der Waals surface area contributed by atoms with Crippen molar-refractivity contribution in [2.75, 3.05) is 19.7 Å². The van der Waals surface area contributed by atoms with Crippen LogP contribution in [-0.4, -0.2) is 31.6 Å². The van der Waals surface area contributed by atoms with Gasteiger partial charge in [0.05, 0.1) is 6.61 Å². The van der Waals surface area contributed by atoms with E-state index in [1.54, 1.807) is 0 Å². The molecular weight excluding hydrogens is 288 g/mol. The molecule has 0 bridgehead atoms. The molecule has 1 aliphatic heterocycles. The van der Waals surface area contributed by atoms with Crippen LogP contribution in [0.3, 0.4) is 0 Å². The molecule has 0 unspecified atom stereocenters. The minimum absolute atomic E-state index is 0.137. The lowest BCUT2D eigenvalue weighted by Crippen LogP contribution is -2.42. The maximum Gasteiger partial charge on any atom is 0.220 e. The van der Waals surface area contributed by atoms with Gasteiger partial charge >= 0.3 is 0 Å². The van der Waals surface area contributed by atoms with Gasteiger partial charge in [-0.15, -0.1) is 0 Å². The summed E-state index contributed by atoms with van der Waals surface area (Å²) in [6.45, 7) is 2.55. The highest BCUT2D eigenvalue weighted by Crippen LogP contribution is 2.25. The lowest BCUT2D eigenvalue weighted by atomic mass is 10.1. The van der Waals surface area contributed by atoms with E-state index < -0.39 is 0 Å². The number of ether oxygens (including phenoxy) is 1. The number of benzene rings is 2. The van der Waals surface area contributed by atoms with E-state index in [1.807, 2.05) is 24.3 Å². The Hall–Kier alpha value is -2.07. The van der Waals surface area contributed by atoms with E-state index >= 15 is 0 Å². The van der Waals surface area contributed by atoms with Gasteiger partial charge in [0.1, 0.15) is 5.75 Å². The molecule has 23 heavy (non-hydrogen) atoms. The number of hydrogen-bond acceptors (Lipinski definition) is 3. The van der Waals surface area contributed by atoms with E-state index in [9.17, 15) is 4.79 Å². The van der Waals surface area contributed by atoms with Crippen LogP contribution in [0.4, 0.5) is 0 Å². The highest BCUT2D eigenvalue weighted by Gasteiger charge is 2.14. The normalized spacial score (nSPS) is 15.5. The Bertz CT molecular complexity index is 645. The molecule has 0 aliphatic carbocycles. The van der Waals surface area contributed by atoms with Gasteiger partial charge in [0.15, 0.2) is 0 Å². The molecular formula is C19H24N2O2. The first-order valence-electron chi connectivity index (χ1n) is 8.43. The summed E-state index contributed by atoms with van der Waals surface area (Å²) >= 11 is 0. The van der Waals surface area contributed by atoms with Crippen LogP contribution < -0.4 is 15.4 Å². The summed E-state index contributed by atoms with van der Waals surface area (Å²) in [5.74, 6) is 1.03. The van der Waals surface area contributed by atoms with Gasteiger partial charge in [-0.1, -0.05) is 36.4 Å². The van der Waals surface area contributed by atoms with Crippen molar-refractivity contribution in [2.45, 2.75) is 31.7 Å². The largest absolute Gasteiger partial charge is 0.493 e. The molecule has 1 heterocycles. The number of rotatable bonds is 6. The fraction of sp³-hybridized carbons (Fsp3) is 0.421. The second-order valence-electron chi connectivity index (χ2n) is 6.02. The summed E-state index contributed by atoms with van der Waals surface area (Å²) in [4.78, 5) is 11.9. The number of piperidine rings is 1. The predicted octanol–water partition coefficient (Wildman–Crippen LogP) is 2.87. The molecule has 0 spiro atoms. The highest BCUT2D eigenvalue weighted by molar-refractivity contribution is 5.88. The fourth-order valence-corrected chi connectivity index (χ4v) is 3.00. The minimum Gasteiger partial charge on any atom is -0.493 e. The van der Waals surface area contributed by atoms with Crippen LogP contribution in [0.5, 0.6) is 5.75 Å². The zero-order chi connectivity index (χ0) is 15.9. The van der Waals surface area contributed by atoms with Crippen LogP contribution >= 0.6 is 0 Å². The van der Waals surface area contributed by atoms with Crippen molar-refractivity contribution in [3.05, 3.63) is 42.5 Å². The zero-order valence-corrected chi connectivity index (χ0v) is 13.4. The lowest BCUT2D eigenvalue weighted by Gasteiger charge is -2.23. The number of nitrogens with one attached hydrogen (secondary N) is 2. The van der Waals surface area contributed by atoms with Gasteiger partial charge in [0, 0.05) is 17.8 Å². The second-order valence-corrected chi connectivity index (χ2v) is 6.02. The first kappa shape index (κ1) is 15.8. The monoisotopic (exact) mass is 312 g/mol. The molecule has 1 aliphatic rings. The first-order valence-corrected chi connectivity index (χ1v) is 8.43. The molecule has 0 saturated carbocycles. The topological polar surface area (TPSA) is 50.4 Å². The third kappa shape index (κ3) is 4.45. The molecule has 0 atom stereocenters. The Labute approximate surface area is 137 Å². The van der Waals surface area contributed by atoms with Crippen LogP contribution in [0.15, 0.2) is 42.5 Å². The molecule has 1 fully saturated rings. The van der Waals surface area contributed by atoms with Gasteiger partial charge in [-0.25, -0.2) is 0 Å². The lowest BCUT2D eigenvalue weighted by molar-refractivity contribution is -0.122. The molecule has 0 aromatic heterocycles. The SMILES string of the molecule is O=C(CCCOc1cccc2ccccc12)NC1CCNCC1. The second kappa shape index (κ2) is 7.97. The molecule has 1 amide bonds. The van der Waals surface area contributed by atoms with Crippen LogP contribution in [-0.2, 0) is 4.79 Å². The van der Waals surface area contributed by atoms with Gasteiger partial charge in [-0.05, 0) is 43.8 Å². The van der Waals surface area contributed by atoms with Crippen molar-refractivity contribution >= 4 is 16.7 Å². The number of hydrogen-bond donors (Lipinski definition) is 2. The van der Waals surface area contributed by atoms with E-state index in [0.717, 1.165) is 43.5 Å².